The van der Waals surface area contributed by atoms with E-state index in [1.807, 2.05) is 62.4 Å². The van der Waals surface area contributed by atoms with Crippen molar-refractivity contribution in [3.05, 3.63) is 70.8 Å². The minimum Gasteiger partial charge on any atom is -0.388 e. The van der Waals surface area contributed by atoms with Gasteiger partial charge in [0.15, 0.2) is 0 Å². The van der Waals surface area contributed by atoms with Gasteiger partial charge in [0, 0.05) is 12.1 Å². The number of nitrogens with one attached hydrogen (secondary N) is 1. The van der Waals surface area contributed by atoms with Crippen molar-refractivity contribution in [2.75, 3.05) is 6.54 Å². The molecule has 0 aliphatic heterocycles. The number of benzene rings is 2. The molecule has 0 bridgehead atoms. The van der Waals surface area contributed by atoms with Gasteiger partial charge in [0.2, 0.25) is 0 Å². The zero-order valence-electron chi connectivity index (χ0n) is 14.1. The van der Waals surface area contributed by atoms with E-state index in [0.717, 1.165) is 17.5 Å². The molecule has 0 fully saturated rings. The molecular weight excluding hydrogens is 286 g/mol. The third-order valence-corrected chi connectivity index (χ3v) is 4.19. The number of rotatable bonds is 6. The summed E-state index contributed by atoms with van der Waals surface area (Å²) in [4.78, 5) is 12.2. The third-order valence-electron chi connectivity index (χ3n) is 4.19. The van der Waals surface area contributed by atoms with Crippen LogP contribution in [0.25, 0.3) is 0 Å². The number of carbonyl (C=O) groups is 1. The van der Waals surface area contributed by atoms with Crippen LogP contribution in [0.4, 0.5) is 0 Å². The van der Waals surface area contributed by atoms with Crippen molar-refractivity contribution in [1.82, 2.24) is 5.32 Å². The van der Waals surface area contributed by atoms with Gasteiger partial charge in [-0.25, -0.2) is 0 Å². The summed E-state index contributed by atoms with van der Waals surface area (Å²) in [6, 6.07) is 15.7. The Bertz CT molecular complexity index is 663. The molecule has 2 N–H and O–H groups in total. The van der Waals surface area contributed by atoms with Crippen molar-refractivity contribution in [2.24, 2.45) is 0 Å². The lowest BCUT2D eigenvalue weighted by atomic mass is 9.96. The smallest absolute Gasteiger partial charge is 0.251 e. The highest BCUT2D eigenvalue weighted by molar-refractivity contribution is 5.94. The molecule has 23 heavy (non-hydrogen) atoms. The Labute approximate surface area is 138 Å². The van der Waals surface area contributed by atoms with Crippen LogP contribution >= 0.6 is 0 Å². The maximum atomic E-state index is 12.2. The van der Waals surface area contributed by atoms with E-state index in [9.17, 15) is 9.90 Å². The van der Waals surface area contributed by atoms with Crippen LogP contribution in [0.1, 0.15) is 40.4 Å². The van der Waals surface area contributed by atoms with Gasteiger partial charge in [0.25, 0.3) is 5.91 Å². The van der Waals surface area contributed by atoms with E-state index < -0.39 is 5.60 Å². The Morgan fingerprint density at radius 2 is 1.78 bits per heavy atom. The molecule has 0 aliphatic carbocycles. The van der Waals surface area contributed by atoms with Crippen molar-refractivity contribution in [3.63, 3.8) is 0 Å². The number of aliphatic hydroxyl groups is 1. The summed E-state index contributed by atoms with van der Waals surface area (Å²) < 4.78 is 0. The van der Waals surface area contributed by atoms with Crippen molar-refractivity contribution < 1.29 is 9.90 Å². The molecule has 2 aromatic carbocycles. The molecule has 2 aromatic rings. The van der Waals surface area contributed by atoms with E-state index in [4.69, 9.17) is 0 Å². The minimum absolute atomic E-state index is 0.145. The lowest BCUT2D eigenvalue weighted by Crippen LogP contribution is -2.41. The molecule has 1 amide bonds. The number of amides is 1. The predicted octanol–water partition coefficient (Wildman–Crippen LogP) is 3.42. The van der Waals surface area contributed by atoms with Gasteiger partial charge >= 0.3 is 0 Å². The maximum absolute atomic E-state index is 12.2. The Morgan fingerprint density at radius 3 is 2.43 bits per heavy atom. The molecule has 122 valence electrons. The summed E-state index contributed by atoms with van der Waals surface area (Å²) in [6.45, 7) is 6.01. The maximum Gasteiger partial charge on any atom is 0.251 e. The van der Waals surface area contributed by atoms with Crippen LogP contribution in [-0.2, 0) is 6.42 Å². The van der Waals surface area contributed by atoms with E-state index in [2.05, 4.69) is 5.32 Å². The molecule has 3 nitrogen and oxygen atoms in total. The molecule has 0 heterocycles. The average molecular weight is 311 g/mol. The second-order valence-corrected chi connectivity index (χ2v) is 6.46. The molecule has 0 saturated carbocycles. The van der Waals surface area contributed by atoms with Gasteiger partial charge in [-0.1, -0.05) is 36.4 Å². The highest BCUT2D eigenvalue weighted by atomic mass is 16.3. The molecule has 2 rings (SSSR count). The van der Waals surface area contributed by atoms with Crippen LogP contribution in [0.5, 0.6) is 0 Å². The van der Waals surface area contributed by atoms with Crippen LogP contribution < -0.4 is 5.32 Å². The normalized spacial score (nSPS) is 13.4. The second-order valence-electron chi connectivity index (χ2n) is 6.46. The van der Waals surface area contributed by atoms with E-state index in [1.54, 1.807) is 6.92 Å². The first-order valence-corrected chi connectivity index (χ1v) is 7.99. The van der Waals surface area contributed by atoms with Crippen LogP contribution in [0, 0.1) is 13.8 Å². The fraction of sp³-hybridized carbons (Fsp3) is 0.350. The van der Waals surface area contributed by atoms with Gasteiger partial charge in [-0.05, 0) is 62.4 Å². The Hall–Kier alpha value is -2.13. The first-order valence-electron chi connectivity index (χ1n) is 7.99. The molecule has 3 heteroatoms. The van der Waals surface area contributed by atoms with E-state index >= 15 is 0 Å². The lowest BCUT2D eigenvalue weighted by molar-refractivity contribution is 0.0478. The van der Waals surface area contributed by atoms with Crippen LogP contribution in [0.2, 0.25) is 0 Å². The topological polar surface area (TPSA) is 49.3 Å². The van der Waals surface area contributed by atoms with E-state index in [0.29, 0.717) is 12.0 Å². The number of hydrogen-bond donors (Lipinski definition) is 2. The second kappa shape index (κ2) is 7.42. The quantitative estimate of drug-likeness (QED) is 0.859. The Kier molecular flexibility index (Phi) is 5.56. The van der Waals surface area contributed by atoms with Gasteiger partial charge in [-0.15, -0.1) is 0 Å². The molecule has 1 unspecified atom stereocenters. The van der Waals surface area contributed by atoms with Crippen LogP contribution in [0.15, 0.2) is 48.5 Å². The van der Waals surface area contributed by atoms with Gasteiger partial charge in [-0.3, -0.25) is 4.79 Å². The lowest BCUT2D eigenvalue weighted by Gasteiger charge is -2.23. The van der Waals surface area contributed by atoms with Crippen molar-refractivity contribution in [3.8, 4) is 0 Å². The molecule has 0 aliphatic rings. The summed E-state index contributed by atoms with van der Waals surface area (Å²) >= 11 is 0. The SMILES string of the molecule is Cc1ccc(C(=O)NCC(C)(O)CCc2ccccc2)cc1C. The summed E-state index contributed by atoms with van der Waals surface area (Å²) in [5.41, 5.74) is 3.15. The first kappa shape index (κ1) is 17.2. The minimum atomic E-state index is -0.925. The highest BCUT2D eigenvalue weighted by Crippen LogP contribution is 2.14. The molecule has 0 aromatic heterocycles. The van der Waals surface area contributed by atoms with Crippen molar-refractivity contribution in [1.29, 1.82) is 0 Å². The van der Waals surface area contributed by atoms with E-state index in [-0.39, 0.29) is 12.5 Å². The van der Waals surface area contributed by atoms with Crippen LogP contribution in [0.3, 0.4) is 0 Å². The van der Waals surface area contributed by atoms with Crippen molar-refractivity contribution >= 4 is 5.91 Å². The third kappa shape index (κ3) is 5.22. The molecule has 0 radical (unpaired) electrons. The summed E-state index contributed by atoms with van der Waals surface area (Å²) in [6.07, 6.45) is 1.39. The zero-order chi connectivity index (χ0) is 16.9. The molecule has 0 spiro atoms. The van der Waals surface area contributed by atoms with Gasteiger partial charge in [0.05, 0.1) is 5.60 Å². The van der Waals surface area contributed by atoms with Gasteiger partial charge in [-0.2, -0.15) is 0 Å². The van der Waals surface area contributed by atoms with Gasteiger partial charge < -0.3 is 10.4 Å². The summed E-state index contributed by atoms with van der Waals surface area (Å²) in [5.74, 6) is -0.145. The zero-order valence-corrected chi connectivity index (χ0v) is 14.1. The largest absolute Gasteiger partial charge is 0.388 e. The standard InChI is InChI=1S/C20H25NO2/c1-15-9-10-18(13-16(15)2)19(22)21-14-20(3,23)12-11-17-7-5-4-6-8-17/h4-10,13,23H,11-12,14H2,1-3H3,(H,21,22). The van der Waals surface area contributed by atoms with Gasteiger partial charge in [0.1, 0.15) is 0 Å². The summed E-state index contributed by atoms with van der Waals surface area (Å²) in [5, 5.41) is 13.3. The molecule has 1 atom stereocenters. The average Bonchev–Trinajstić information content (AvgIpc) is 2.54. The van der Waals surface area contributed by atoms with Crippen LogP contribution in [-0.4, -0.2) is 23.2 Å². The van der Waals surface area contributed by atoms with E-state index in [1.165, 1.54) is 5.56 Å². The fourth-order valence-corrected chi connectivity index (χ4v) is 2.40. The number of hydrogen-bond acceptors (Lipinski definition) is 2. The fourth-order valence-electron chi connectivity index (χ4n) is 2.40. The number of aryl methyl sites for hydroxylation is 3. The highest BCUT2D eigenvalue weighted by Gasteiger charge is 2.21. The van der Waals surface area contributed by atoms with Crippen molar-refractivity contribution in [2.45, 2.75) is 39.2 Å². The monoisotopic (exact) mass is 311 g/mol. The molecule has 0 saturated heterocycles. The predicted molar refractivity (Wildman–Crippen MR) is 93.6 cm³/mol. The number of carbonyl (C=O) groups excluding carboxylic acids is 1. The Balaban J connectivity index is 1.87. The first-order chi connectivity index (χ1) is 10.9. The molecular formula is C20H25NO2. The Morgan fingerprint density at radius 1 is 1.09 bits per heavy atom. The summed E-state index contributed by atoms with van der Waals surface area (Å²) in [7, 11) is 0.